The number of nitro groups is 1. The van der Waals surface area contributed by atoms with Crippen LogP contribution in [0.1, 0.15) is 5.56 Å². The number of carbonyl (C=O) groups is 1. The molecule has 8 heteroatoms. The maximum atomic E-state index is 12.4. The van der Waals surface area contributed by atoms with Crippen LogP contribution >= 0.6 is 0 Å². The number of hydrazine groups is 1. The number of carbonyl (C=O) groups excluding carboxylic acids is 1. The number of amides is 1. The molecule has 2 aromatic rings. The second-order valence-corrected chi connectivity index (χ2v) is 4.97. The van der Waals surface area contributed by atoms with Crippen LogP contribution in [0.25, 0.3) is 0 Å². The Morgan fingerprint density at radius 2 is 1.95 bits per heavy atom. The Labute approximate surface area is 124 Å². The minimum atomic E-state index is -1.53. The van der Waals surface area contributed by atoms with Crippen molar-refractivity contribution in [1.82, 2.24) is 5.43 Å². The predicted octanol–water partition coefficient (Wildman–Crippen LogP) is 1.71. The van der Waals surface area contributed by atoms with E-state index >= 15 is 0 Å². The van der Waals surface area contributed by atoms with Gasteiger partial charge < -0.3 is 15.5 Å². The van der Waals surface area contributed by atoms with Crippen LogP contribution in [0, 0.1) is 10.1 Å². The molecule has 4 rings (SSSR count). The van der Waals surface area contributed by atoms with Crippen molar-refractivity contribution in [3.05, 3.63) is 58.1 Å². The number of nitrogens with one attached hydrogen (secondary N) is 3. The third-order valence-electron chi connectivity index (χ3n) is 3.68. The number of nitrogens with zero attached hydrogens (tertiary/aromatic N) is 1. The van der Waals surface area contributed by atoms with Gasteiger partial charge in [0, 0.05) is 12.1 Å². The number of rotatable bonds is 1. The number of hydrogen-bond donors (Lipinski definition) is 3. The summed E-state index contributed by atoms with van der Waals surface area (Å²) in [7, 11) is 0. The summed E-state index contributed by atoms with van der Waals surface area (Å²) < 4.78 is 5.85. The van der Waals surface area contributed by atoms with Crippen molar-refractivity contribution >= 4 is 23.0 Å². The Hall–Kier alpha value is -3.13. The predicted molar refractivity (Wildman–Crippen MR) is 77.2 cm³/mol. The van der Waals surface area contributed by atoms with Gasteiger partial charge in [-0.05, 0) is 18.2 Å². The van der Waals surface area contributed by atoms with Gasteiger partial charge in [-0.15, -0.1) is 0 Å². The molecule has 0 fully saturated rings. The van der Waals surface area contributed by atoms with Gasteiger partial charge in [-0.3, -0.25) is 14.9 Å². The van der Waals surface area contributed by atoms with Gasteiger partial charge in [0.05, 0.1) is 21.9 Å². The van der Waals surface area contributed by atoms with E-state index in [1.807, 2.05) is 6.07 Å². The third-order valence-corrected chi connectivity index (χ3v) is 3.68. The van der Waals surface area contributed by atoms with Gasteiger partial charge in [-0.1, -0.05) is 12.1 Å². The van der Waals surface area contributed by atoms with Crippen LogP contribution in [0.15, 0.2) is 42.5 Å². The van der Waals surface area contributed by atoms with Gasteiger partial charge in [0.15, 0.2) is 0 Å². The van der Waals surface area contributed by atoms with E-state index in [-0.39, 0.29) is 5.69 Å². The molecule has 2 aliphatic rings. The Balaban J connectivity index is 1.86. The van der Waals surface area contributed by atoms with Gasteiger partial charge in [0.25, 0.3) is 17.3 Å². The highest BCUT2D eigenvalue weighted by Crippen LogP contribution is 2.43. The number of benzene rings is 2. The molecule has 0 bridgehead atoms. The van der Waals surface area contributed by atoms with E-state index in [0.29, 0.717) is 22.7 Å². The summed E-state index contributed by atoms with van der Waals surface area (Å²) in [6.45, 7) is 0. The summed E-state index contributed by atoms with van der Waals surface area (Å²) in [6, 6.07) is 11.3. The number of ether oxygens (including phenoxy) is 1. The van der Waals surface area contributed by atoms with Crippen LogP contribution in [-0.2, 0) is 10.5 Å². The van der Waals surface area contributed by atoms with Crippen LogP contribution in [0.4, 0.5) is 17.1 Å². The number of anilines is 2. The molecule has 3 N–H and O–H groups in total. The molecule has 0 unspecified atom stereocenters. The molecule has 1 atom stereocenters. The molecule has 0 aromatic heterocycles. The zero-order valence-corrected chi connectivity index (χ0v) is 11.1. The zero-order chi connectivity index (χ0) is 15.3. The smallest absolute Gasteiger partial charge is 0.291 e. The Bertz CT molecular complexity index is 822. The quantitative estimate of drug-likeness (QED) is 0.546. The van der Waals surface area contributed by atoms with Crippen LogP contribution in [0.5, 0.6) is 5.75 Å². The minimum absolute atomic E-state index is 0.112. The van der Waals surface area contributed by atoms with Crippen molar-refractivity contribution in [3.8, 4) is 5.75 Å². The summed E-state index contributed by atoms with van der Waals surface area (Å²) in [6.07, 6.45) is 0. The first-order chi connectivity index (χ1) is 10.6. The molecule has 0 saturated heterocycles. The van der Waals surface area contributed by atoms with Gasteiger partial charge in [-0.25, -0.2) is 0 Å². The summed E-state index contributed by atoms with van der Waals surface area (Å²) in [4.78, 5) is 22.9. The zero-order valence-electron chi connectivity index (χ0n) is 11.1. The Morgan fingerprint density at radius 3 is 2.77 bits per heavy atom. The van der Waals surface area contributed by atoms with Gasteiger partial charge in [0.1, 0.15) is 5.75 Å². The molecule has 0 radical (unpaired) electrons. The van der Waals surface area contributed by atoms with Crippen LogP contribution < -0.4 is 20.9 Å². The second-order valence-electron chi connectivity index (χ2n) is 4.97. The van der Waals surface area contributed by atoms with Crippen LogP contribution in [0.3, 0.4) is 0 Å². The number of hydrogen-bond acceptors (Lipinski definition) is 6. The molecule has 8 nitrogen and oxygen atoms in total. The normalized spacial score (nSPS) is 21.4. The fourth-order valence-corrected chi connectivity index (χ4v) is 2.61. The lowest BCUT2D eigenvalue weighted by molar-refractivity contribution is -0.385. The van der Waals surface area contributed by atoms with Crippen molar-refractivity contribution in [3.63, 3.8) is 0 Å². The van der Waals surface area contributed by atoms with E-state index in [1.165, 1.54) is 18.2 Å². The van der Waals surface area contributed by atoms with E-state index in [0.717, 1.165) is 0 Å². The summed E-state index contributed by atoms with van der Waals surface area (Å²) in [5.41, 5.74) is 5.61. The first-order valence-corrected chi connectivity index (χ1v) is 6.52. The van der Waals surface area contributed by atoms with E-state index in [4.69, 9.17) is 4.74 Å². The average Bonchev–Trinajstić information content (AvgIpc) is 2.79. The van der Waals surface area contributed by atoms with E-state index in [9.17, 15) is 14.9 Å². The Kier molecular flexibility index (Phi) is 2.40. The molecule has 1 amide bonds. The molecule has 2 aromatic carbocycles. The van der Waals surface area contributed by atoms with Crippen molar-refractivity contribution < 1.29 is 14.5 Å². The van der Waals surface area contributed by atoms with Crippen molar-refractivity contribution in [2.45, 2.75) is 5.72 Å². The van der Waals surface area contributed by atoms with Crippen LogP contribution in [0.2, 0.25) is 0 Å². The maximum Gasteiger partial charge on any atom is 0.291 e. The number of fused-ring (bicyclic) bond motifs is 3. The topological polar surface area (TPSA) is 106 Å². The standard InChI is InChI=1S/C14H10N4O4/c19-13-14(17-16-11-3-1-2-4-12(11)22-14)9-7-8(18(20)21)5-6-10(9)15-13/h1-7,16-17H,(H,15,19)/t14-/m1/s1. The lowest BCUT2D eigenvalue weighted by atomic mass is 10.0. The molecule has 22 heavy (non-hydrogen) atoms. The molecular weight excluding hydrogens is 288 g/mol. The molecule has 1 spiro atoms. The second kappa shape index (κ2) is 4.18. The monoisotopic (exact) mass is 298 g/mol. The highest BCUT2D eigenvalue weighted by molar-refractivity contribution is 6.05. The first-order valence-electron chi connectivity index (χ1n) is 6.52. The van der Waals surface area contributed by atoms with Crippen molar-refractivity contribution in [1.29, 1.82) is 0 Å². The number of non-ortho nitro benzene ring substituents is 1. The van der Waals surface area contributed by atoms with Gasteiger partial charge in [0.2, 0.25) is 0 Å². The number of nitro benzene ring substituents is 1. The average molecular weight is 298 g/mol. The largest absolute Gasteiger partial charge is 0.455 e. The molecule has 0 saturated carbocycles. The van der Waals surface area contributed by atoms with Crippen molar-refractivity contribution in [2.24, 2.45) is 0 Å². The van der Waals surface area contributed by atoms with E-state index in [1.54, 1.807) is 18.2 Å². The maximum absolute atomic E-state index is 12.4. The molecule has 2 aliphatic heterocycles. The molecule has 2 heterocycles. The van der Waals surface area contributed by atoms with Crippen LogP contribution in [-0.4, -0.2) is 10.8 Å². The highest BCUT2D eigenvalue weighted by atomic mass is 16.6. The molecule has 0 aliphatic carbocycles. The van der Waals surface area contributed by atoms with Crippen molar-refractivity contribution in [2.75, 3.05) is 10.7 Å². The first kappa shape index (κ1) is 12.6. The molecular formula is C14H10N4O4. The van der Waals surface area contributed by atoms with Gasteiger partial charge in [-0.2, -0.15) is 5.43 Å². The summed E-state index contributed by atoms with van der Waals surface area (Å²) >= 11 is 0. The third kappa shape index (κ3) is 1.58. The van der Waals surface area contributed by atoms with E-state index in [2.05, 4.69) is 16.2 Å². The fraction of sp³-hybridized carbons (Fsp3) is 0.0714. The summed E-state index contributed by atoms with van der Waals surface area (Å²) in [5.74, 6) is 0.0424. The Morgan fingerprint density at radius 1 is 1.14 bits per heavy atom. The highest BCUT2D eigenvalue weighted by Gasteiger charge is 2.52. The SMILES string of the molecule is O=C1Nc2ccc([N+](=O)[O-])cc2[C@]12NNc1ccccc1O2. The molecule has 110 valence electrons. The minimum Gasteiger partial charge on any atom is -0.455 e. The van der Waals surface area contributed by atoms with Gasteiger partial charge >= 0.3 is 0 Å². The lowest BCUT2D eigenvalue weighted by Gasteiger charge is -2.35. The summed E-state index contributed by atoms with van der Waals surface area (Å²) in [5, 5.41) is 13.6. The fourth-order valence-electron chi connectivity index (χ4n) is 2.61. The van der Waals surface area contributed by atoms with E-state index < -0.39 is 16.6 Å². The lowest BCUT2D eigenvalue weighted by Crippen LogP contribution is -2.57. The number of para-hydroxylation sites is 2.